The van der Waals surface area contributed by atoms with E-state index in [-0.39, 0.29) is 6.61 Å². The first-order chi connectivity index (χ1) is 8.86. The predicted molar refractivity (Wildman–Crippen MR) is 70.6 cm³/mol. The Morgan fingerprint density at radius 2 is 2.17 bits per heavy atom. The Bertz CT molecular complexity index is 271. The highest BCUT2D eigenvalue weighted by molar-refractivity contribution is 4.90. The van der Waals surface area contributed by atoms with Crippen LogP contribution in [0.1, 0.15) is 38.5 Å². The molecule has 2 N–H and O–H groups in total. The number of fused-ring (bicyclic) bond motifs is 1. The molecule has 1 heterocycles. The number of rotatable bonds is 6. The summed E-state index contributed by atoms with van der Waals surface area (Å²) in [7, 11) is 0. The number of morpholine rings is 1. The minimum absolute atomic E-state index is 0.273. The summed E-state index contributed by atoms with van der Waals surface area (Å²) in [5, 5.41) is 12.9. The van der Waals surface area contributed by atoms with Crippen LogP contribution in [-0.2, 0) is 4.74 Å². The average molecular weight is 254 g/mol. The molecule has 104 valence electrons. The fourth-order valence-electron chi connectivity index (χ4n) is 3.42. The van der Waals surface area contributed by atoms with Crippen LogP contribution in [0.25, 0.3) is 0 Å². The van der Waals surface area contributed by atoms with Crippen LogP contribution in [0, 0.1) is 0 Å². The quantitative estimate of drug-likeness (QED) is 0.734. The van der Waals surface area contributed by atoms with Crippen molar-refractivity contribution in [2.45, 2.75) is 62.8 Å². The molecular formula is C14H26N2O2. The molecule has 4 heteroatoms. The van der Waals surface area contributed by atoms with E-state index in [9.17, 15) is 5.11 Å². The van der Waals surface area contributed by atoms with E-state index >= 15 is 0 Å². The topological polar surface area (TPSA) is 44.7 Å². The molecule has 0 amide bonds. The third-order valence-corrected chi connectivity index (χ3v) is 4.63. The van der Waals surface area contributed by atoms with Crippen molar-refractivity contribution in [3.8, 4) is 0 Å². The van der Waals surface area contributed by atoms with E-state index in [0.29, 0.717) is 24.2 Å². The minimum Gasteiger partial charge on any atom is -0.395 e. The summed E-state index contributed by atoms with van der Waals surface area (Å²) < 4.78 is 5.83. The molecule has 1 aliphatic heterocycles. The lowest BCUT2D eigenvalue weighted by Gasteiger charge is -2.38. The van der Waals surface area contributed by atoms with E-state index in [4.69, 9.17) is 4.74 Å². The normalized spacial score (nSPS) is 34.5. The lowest BCUT2D eigenvalue weighted by molar-refractivity contribution is -0.0567. The monoisotopic (exact) mass is 254 g/mol. The van der Waals surface area contributed by atoms with Crippen molar-refractivity contribution in [2.24, 2.45) is 0 Å². The molecule has 2 saturated carbocycles. The molecule has 0 spiro atoms. The Hall–Kier alpha value is -0.160. The number of ether oxygens (including phenoxy) is 1. The fourth-order valence-corrected chi connectivity index (χ4v) is 3.42. The van der Waals surface area contributed by atoms with Gasteiger partial charge in [0.05, 0.1) is 19.3 Å². The second kappa shape index (κ2) is 5.87. The van der Waals surface area contributed by atoms with Crippen molar-refractivity contribution in [3.63, 3.8) is 0 Å². The molecule has 4 nitrogen and oxygen atoms in total. The zero-order chi connectivity index (χ0) is 12.4. The molecule has 0 aromatic rings. The number of hydrogen-bond acceptors (Lipinski definition) is 4. The summed E-state index contributed by atoms with van der Waals surface area (Å²) in [5.74, 6) is 0. The van der Waals surface area contributed by atoms with Gasteiger partial charge in [-0.15, -0.1) is 0 Å². The first kappa shape index (κ1) is 12.9. The van der Waals surface area contributed by atoms with Crippen LogP contribution in [0.4, 0.5) is 0 Å². The maximum atomic E-state index is 9.41. The summed E-state index contributed by atoms with van der Waals surface area (Å²) in [5.41, 5.74) is 0. The number of aliphatic hydroxyl groups is 1. The minimum atomic E-state index is 0.273. The van der Waals surface area contributed by atoms with Crippen LogP contribution in [0.2, 0.25) is 0 Å². The van der Waals surface area contributed by atoms with Crippen molar-refractivity contribution >= 4 is 0 Å². The summed E-state index contributed by atoms with van der Waals surface area (Å²) in [6.07, 6.45) is 7.99. The molecular weight excluding hydrogens is 228 g/mol. The number of nitrogens with one attached hydrogen (secondary N) is 1. The van der Waals surface area contributed by atoms with E-state index in [1.165, 1.54) is 32.1 Å². The smallest absolute Gasteiger partial charge is 0.0730 e. The molecule has 3 atom stereocenters. The van der Waals surface area contributed by atoms with E-state index in [1.54, 1.807) is 0 Å². The molecule has 3 unspecified atom stereocenters. The maximum Gasteiger partial charge on any atom is 0.0730 e. The zero-order valence-corrected chi connectivity index (χ0v) is 11.2. The molecule has 1 saturated heterocycles. The zero-order valence-electron chi connectivity index (χ0n) is 11.2. The van der Waals surface area contributed by atoms with Gasteiger partial charge in [0.25, 0.3) is 0 Å². The number of aliphatic hydroxyl groups excluding tert-OH is 1. The van der Waals surface area contributed by atoms with Gasteiger partial charge in [-0.05, 0) is 38.5 Å². The predicted octanol–water partition coefficient (Wildman–Crippen LogP) is 0.743. The second-order valence-corrected chi connectivity index (χ2v) is 6.05. The summed E-state index contributed by atoms with van der Waals surface area (Å²) in [6.45, 7) is 3.34. The molecule has 0 radical (unpaired) electrons. The molecule has 0 aromatic heterocycles. The molecule has 2 aliphatic carbocycles. The largest absolute Gasteiger partial charge is 0.395 e. The van der Waals surface area contributed by atoms with Crippen molar-refractivity contribution in [1.82, 2.24) is 10.2 Å². The van der Waals surface area contributed by atoms with Crippen molar-refractivity contribution < 1.29 is 9.84 Å². The maximum absolute atomic E-state index is 9.41. The third kappa shape index (κ3) is 3.05. The van der Waals surface area contributed by atoms with Crippen molar-refractivity contribution in [3.05, 3.63) is 0 Å². The van der Waals surface area contributed by atoms with Crippen LogP contribution in [0.3, 0.4) is 0 Å². The van der Waals surface area contributed by atoms with Crippen LogP contribution in [0.15, 0.2) is 0 Å². The van der Waals surface area contributed by atoms with Gasteiger partial charge in [0.2, 0.25) is 0 Å². The molecule has 0 aromatic carbocycles. The molecule has 18 heavy (non-hydrogen) atoms. The Labute approximate surface area is 110 Å². The molecule has 3 rings (SSSR count). The van der Waals surface area contributed by atoms with Gasteiger partial charge in [0, 0.05) is 31.2 Å². The van der Waals surface area contributed by atoms with Gasteiger partial charge in [-0.1, -0.05) is 0 Å². The SMILES string of the molecule is OCC(CCN1CCOC2CCCC21)NC1CC1. The first-order valence-corrected chi connectivity index (χ1v) is 7.59. The Morgan fingerprint density at radius 1 is 1.28 bits per heavy atom. The highest BCUT2D eigenvalue weighted by atomic mass is 16.5. The van der Waals surface area contributed by atoms with Gasteiger partial charge in [-0.3, -0.25) is 4.90 Å². The Morgan fingerprint density at radius 3 is 2.94 bits per heavy atom. The van der Waals surface area contributed by atoms with Gasteiger partial charge in [0.1, 0.15) is 0 Å². The third-order valence-electron chi connectivity index (χ3n) is 4.63. The second-order valence-electron chi connectivity index (χ2n) is 6.05. The highest BCUT2D eigenvalue weighted by Crippen LogP contribution is 2.29. The van der Waals surface area contributed by atoms with Gasteiger partial charge in [-0.25, -0.2) is 0 Å². The van der Waals surface area contributed by atoms with E-state index in [1.807, 2.05) is 0 Å². The van der Waals surface area contributed by atoms with E-state index in [0.717, 1.165) is 26.1 Å². The van der Waals surface area contributed by atoms with Crippen LogP contribution in [0.5, 0.6) is 0 Å². The van der Waals surface area contributed by atoms with Crippen molar-refractivity contribution in [1.29, 1.82) is 0 Å². The lowest BCUT2D eigenvalue weighted by atomic mass is 10.1. The van der Waals surface area contributed by atoms with Gasteiger partial charge in [0.15, 0.2) is 0 Å². The Kier molecular flexibility index (Phi) is 4.19. The van der Waals surface area contributed by atoms with Gasteiger partial charge in [-0.2, -0.15) is 0 Å². The van der Waals surface area contributed by atoms with Gasteiger partial charge < -0.3 is 15.2 Å². The van der Waals surface area contributed by atoms with Crippen LogP contribution in [-0.4, -0.2) is 60.5 Å². The van der Waals surface area contributed by atoms with Crippen LogP contribution < -0.4 is 5.32 Å². The van der Waals surface area contributed by atoms with E-state index in [2.05, 4.69) is 10.2 Å². The molecule has 3 aliphatic rings. The Balaban J connectivity index is 1.45. The summed E-state index contributed by atoms with van der Waals surface area (Å²) in [6, 6.07) is 1.63. The number of hydrogen-bond donors (Lipinski definition) is 2. The highest BCUT2D eigenvalue weighted by Gasteiger charge is 2.36. The van der Waals surface area contributed by atoms with E-state index < -0.39 is 0 Å². The van der Waals surface area contributed by atoms with Gasteiger partial charge >= 0.3 is 0 Å². The standard InChI is InChI=1S/C14H26N2O2/c17-10-12(15-11-4-5-11)6-7-16-8-9-18-14-3-1-2-13(14)16/h11-15,17H,1-10H2. The fraction of sp³-hybridized carbons (Fsp3) is 1.00. The molecule has 3 fully saturated rings. The number of nitrogens with zero attached hydrogens (tertiary/aromatic N) is 1. The molecule has 0 bridgehead atoms. The average Bonchev–Trinajstić information content (AvgIpc) is 3.08. The van der Waals surface area contributed by atoms with Crippen LogP contribution >= 0.6 is 0 Å². The van der Waals surface area contributed by atoms with Crippen molar-refractivity contribution in [2.75, 3.05) is 26.3 Å². The lowest BCUT2D eigenvalue weighted by Crippen LogP contribution is -2.50. The summed E-state index contributed by atoms with van der Waals surface area (Å²) in [4.78, 5) is 2.60. The first-order valence-electron chi connectivity index (χ1n) is 7.59. The summed E-state index contributed by atoms with van der Waals surface area (Å²) >= 11 is 0.